The summed E-state index contributed by atoms with van der Waals surface area (Å²) in [6, 6.07) is 11.2. The minimum atomic E-state index is 0.401. The summed E-state index contributed by atoms with van der Waals surface area (Å²) in [7, 11) is 0. The van der Waals surface area contributed by atoms with Crippen LogP contribution in [0.3, 0.4) is 0 Å². The van der Waals surface area contributed by atoms with Gasteiger partial charge >= 0.3 is 0 Å². The van der Waals surface area contributed by atoms with Gasteiger partial charge in [-0.05, 0) is 47.5 Å². The summed E-state index contributed by atoms with van der Waals surface area (Å²) in [5, 5.41) is 11.2. The van der Waals surface area contributed by atoms with E-state index in [1.165, 1.54) is 15.6 Å². The van der Waals surface area contributed by atoms with Crippen molar-refractivity contribution in [2.24, 2.45) is 0 Å². The first kappa shape index (κ1) is 12.4. The molecule has 0 spiro atoms. The molecule has 3 rings (SSSR count). The van der Waals surface area contributed by atoms with Crippen molar-refractivity contribution in [3.8, 4) is 0 Å². The first-order valence-corrected chi connectivity index (χ1v) is 7.36. The van der Waals surface area contributed by atoms with Gasteiger partial charge in [0.15, 0.2) is 0 Å². The average Bonchev–Trinajstić information content (AvgIpc) is 3.06. The summed E-state index contributed by atoms with van der Waals surface area (Å²) in [5.74, 6) is 0. The first-order valence-electron chi connectivity index (χ1n) is 6.48. The van der Waals surface area contributed by atoms with Gasteiger partial charge in [0.05, 0.1) is 6.54 Å². The molecule has 98 valence electrons. The van der Waals surface area contributed by atoms with Gasteiger partial charge in [-0.1, -0.05) is 6.07 Å². The van der Waals surface area contributed by atoms with Gasteiger partial charge in [-0.25, -0.2) is 0 Å². The highest BCUT2D eigenvalue weighted by atomic mass is 32.1. The molecule has 1 atom stereocenters. The molecule has 0 unspecified atom stereocenters. The molecule has 0 bridgehead atoms. The van der Waals surface area contributed by atoms with Crippen LogP contribution in [0.25, 0.3) is 10.1 Å². The topological polar surface area (TPSA) is 29.9 Å². The molecule has 0 radical (unpaired) electrons. The number of fused-ring (bicyclic) bond motifs is 1. The Balaban J connectivity index is 1.59. The van der Waals surface area contributed by atoms with Crippen LogP contribution in [-0.2, 0) is 13.1 Å². The summed E-state index contributed by atoms with van der Waals surface area (Å²) in [4.78, 5) is 0. The molecule has 0 aliphatic rings. The van der Waals surface area contributed by atoms with E-state index in [4.69, 9.17) is 0 Å². The van der Waals surface area contributed by atoms with Gasteiger partial charge in [0.2, 0.25) is 0 Å². The Hall–Kier alpha value is -1.65. The molecule has 3 aromatic rings. The number of benzene rings is 1. The van der Waals surface area contributed by atoms with E-state index in [1.807, 2.05) is 23.1 Å². The number of aromatic nitrogens is 2. The zero-order valence-corrected chi connectivity index (χ0v) is 11.7. The second-order valence-corrected chi connectivity index (χ2v) is 5.75. The van der Waals surface area contributed by atoms with Crippen molar-refractivity contribution in [1.82, 2.24) is 15.1 Å². The van der Waals surface area contributed by atoms with Crippen molar-refractivity contribution < 1.29 is 0 Å². The molecule has 2 aromatic heterocycles. The molecule has 0 saturated carbocycles. The van der Waals surface area contributed by atoms with E-state index in [0.717, 1.165) is 13.1 Å². The van der Waals surface area contributed by atoms with Crippen LogP contribution < -0.4 is 5.32 Å². The third kappa shape index (κ3) is 3.03. The van der Waals surface area contributed by atoms with Crippen LogP contribution in [0.5, 0.6) is 0 Å². The van der Waals surface area contributed by atoms with Crippen molar-refractivity contribution in [2.75, 3.05) is 0 Å². The first-order chi connectivity index (χ1) is 9.31. The normalized spacial score (nSPS) is 12.9. The summed E-state index contributed by atoms with van der Waals surface area (Å²) in [5.41, 5.74) is 1.33. The van der Waals surface area contributed by atoms with Gasteiger partial charge in [0, 0.05) is 29.7 Å². The summed E-state index contributed by atoms with van der Waals surface area (Å²) in [6.07, 6.45) is 3.81. The van der Waals surface area contributed by atoms with Gasteiger partial charge < -0.3 is 5.32 Å². The molecule has 0 aliphatic heterocycles. The van der Waals surface area contributed by atoms with Crippen molar-refractivity contribution >= 4 is 21.4 Å². The van der Waals surface area contributed by atoms with Crippen LogP contribution in [0.1, 0.15) is 12.5 Å². The smallest absolute Gasteiger partial charge is 0.0560 e. The van der Waals surface area contributed by atoms with Crippen molar-refractivity contribution in [3.05, 3.63) is 53.7 Å². The van der Waals surface area contributed by atoms with Crippen LogP contribution >= 0.6 is 11.3 Å². The molecule has 0 fully saturated rings. The Labute approximate surface area is 116 Å². The van der Waals surface area contributed by atoms with E-state index in [1.54, 1.807) is 11.3 Å². The average molecular weight is 271 g/mol. The van der Waals surface area contributed by atoms with Gasteiger partial charge in [-0.15, -0.1) is 11.3 Å². The van der Waals surface area contributed by atoms with Gasteiger partial charge in [-0.3, -0.25) is 4.68 Å². The predicted molar refractivity (Wildman–Crippen MR) is 80.4 cm³/mol. The van der Waals surface area contributed by atoms with Crippen LogP contribution in [0.2, 0.25) is 0 Å². The zero-order valence-electron chi connectivity index (χ0n) is 10.9. The van der Waals surface area contributed by atoms with E-state index in [-0.39, 0.29) is 0 Å². The van der Waals surface area contributed by atoms with Crippen LogP contribution in [0.4, 0.5) is 0 Å². The maximum Gasteiger partial charge on any atom is 0.0560 e. The quantitative estimate of drug-likeness (QED) is 0.772. The largest absolute Gasteiger partial charge is 0.308 e. The Morgan fingerprint density at radius 1 is 1.37 bits per heavy atom. The molecule has 1 aromatic carbocycles. The van der Waals surface area contributed by atoms with E-state index in [9.17, 15) is 0 Å². The Kier molecular flexibility index (Phi) is 3.62. The molecular formula is C15H17N3S. The maximum absolute atomic E-state index is 4.22. The monoisotopic (exact) mass is 271 g/mol. The minimum absolute atomic E-state index is 0.401. The van der Waals surface area contributed by atoms with Crippen molar-refractivity contribution in [1.29, 1.82) is 0 Å². The van der Waals surface area contributed by atoms with Crippen molar-refractivity contribution in [3.63, 3.8) is 0 Å². The van der Waals surface area contributed by atoms with Crippen LogP contribution in [0, 0.1) is 0 Å². The lowest BCUT2D eigenvalue weighted by molar-refractivity contribution is 0.451. The second-order valence-electron chi connectivity index (χ2n) is 4.80. The third-order valence-electron chi connectivity index (χ3n) is 3.19. The molecule has 0 saturated heterocycles. The number of nitrogens with zero attached hydrogens (tertiary/aromatic N) is 2. The molecule has 19 heavy (non-hydrogen) atoms. The van der Waals surface area contributed by atoms with Gasteiger partial charge in [0.1, 0.15) is 0 Å². The molecule has 0 aliphatic carbocycles. The molecule has 4 heteroatoms. The maximum atomic E-state index is 4.22. The number of hydrogen-bond acceptors (Lipinski definition) is 3. The Morgan fingerprint density at radius 3 is 3.16 bits per heavy atom. The summed E-state index contributed by atoms with van der Waals surface area (Å²) >= 11 is 1.79. The standard InChI is InChI=1S/C15H17N3S/c1-12(11-18-7-2-6-17-18)16-10-13-3-4-15-14(9-13)5-8-19-15/h2-9,12,16H,10-11H2,1H3/t12-/m1/s1. The molecule has 1 N–H and O–H groups in total. The molecule has 0 amide bonds. The van der Waals surface area contributed by atoms with Crippen LogP contribution in [-0.4, -0.2) is 15.8 Å². The van der Waals surface area contributed by atoms with E-state index in [0.29, 0.717) is 6.04 Å². The summed E-state index contributed by atoms with van der Waals surface area (Å²) in [6.45, 7) is 3.98. The lowest BCUT2D eigenvalue weighted by atomic mass is 10.1. The van der Waals surface area contributed by atoms with Crippen molar-refractivity contribution in [2.45, 2.75) is 26.1 Å². The van der Waals surface area contributed by atoms with Gasteiger partial charge in [0.25, 0.3) is 0 Å². The Bertz CT molecular complexity index is 642. The SMILES string of the molecule is C[C@H](Cn1cccn1)NCc1ccc2sccc2c1. The van der Waals surface area contributed by atoms with E-state index >= 15 is 0 Å². The molecule has 3 nitrogen and oxygen atoms in total. The number of nitrogens with one attached hydrogen (secondary N) is 1. The minimum Gasteiger partial charge on any atom is -0.308 e. The fourth-order valence-corrected chi connectivity index (χ4v) is 2.94. The van der Waals surface area contributed by atoms with Crippen LogP contribution in [0.15, 0.2) is 48.1 Å². The highest BCUT2D eigenvalue weighted by Crippen LogP contribution is 2.21. The lowest BCUT2D eigenvalue weighted by Crippen LogP contribution is -2.30. The number of thiophene rings is 1. The Morgan fingerprint density at radius 2 is 2.32 bits per heavy atom. The third-order valence-corrected chi connectivity index (χ3v) is 4.09. The highest BCUT2D eigenvalue weighted by molar-refractivity contribution is 7.17. The zero-order chi connectivity index (χ0) is 13.1. The number of rotatable bonds is 5. The second kappa shape index (κ2) is 5.55. The van der Waals surface area contributed by atoms with E-state index < -0.39 is 0 Å². The predicted octanol–water partition coefficient (Wildman–Crippen LogP) is 3.28. The lowest BCUT2D eigenvalue weighted by Gasteiger charge is -2.14. The van der Waals surface area contributed by atoms with Gasteiger partial charge in [-0.2, -0.15) is 5.10 Å². The summed E-state index contributed by atoms with van der Waals surface area (Å²) < 4.78 is 3.31. The fourth-order valence-electron chi connectivity index (χ4n) is 2.17. The molecule has 2 heterocycles. The highest BCUT2D eigenvalue weighted by Gasteiger charge is 2.03. The van der Waals surface area contributed by atoms with E-state index in [2.05, 4.69) is 47.0 Å². The fraction of sp³-hybridized carbons (Fsp3) is 0.267. The number of hydrogen-bond donors (Lipinski definition) is 1. The molecular weight excluding hydrogens is 254 g/mol.